The number of rotatable bonds is 7. The lowest BCUT2D eigenvalue weighted by atomic mass is 10.1. The lowest BCUT2D eigenvalue weighted by molar-refractivity contribution is 0.572. The van der Waals surface area contributed by atoms with E-state index in [1.165, 1.54) is 42.9 Å². The predicted molar refractivity (Wildman–Crippen MR) is 78.8 cm³/mol. The minimum Gasteiger partial charge on any atom is -0.353 e. The van der Waals surface area contributed by atoms with Crippen molar-refractivity contribution in [2.75, 3.05) is 5.33 Å². The molecule has 0 atom stereocenters. The second-order valence-electron chi connectivity index (χ2n) is 4.58. The van der Waals surface area contributed by atoms with Crippen LogP contribution >= 0.6 is 15.9 Å². The molecule has 0 spiro atoms. The number of alkyl halides is 1. The molecule has 0 saturated heterocycles. The van der Waals surface area contributed by atoms with Gasteiger partial charge in [-0.15, -0.1) is 0 Å². The van der Waals surface area contributed by atoms with E-state index in [1.54, 1.807) is 0 Å². The highest BCUT2D eigenvalue weighted by Gasteiger charge is 1.97. The van der Waals surface area contributed by atoms with Gasteiger partial charge in [-0.1, -0.05) is 59.5 Å². The minimum atomic E-state index is 1.15. The van der Waals surface area contributed by atoms with Crippen molar-refractivity contribution in [2.24, 2.45) is 0 Å². The topological polar surface area (TPSA) is 4.93 Å². The number of nitrogens with zero attached hydrogens (tertiary/aromatic N) is 1. The second-order valence-corrected chi connectivity index (χ2v) is 5.37. The summed E-state index contributed by atoms with van der Waals surface area (Å²) in [7, 11) is 0. The van der Waals surface area contributed by atoms with Crippen LogP contribution in [-0.2, 0) is 6.54 Å². The van der Waals surface area contributed by atoms with Crippen molar-refractivity contribution in [2.45, 2.75) is 38.6 Å². The van der Waals surface area contributed by atoms with E-state index in [0.717, 1.165) is 11.9 Å². The smallest absolute Gasteiger partial charge is 0.0220 e. The molecule has 0 fully saturated rings. The van der Waals surface area contributed by atoms with Gasteiger partial charge in [0.1, 0.15) is 0 Å². The third-order valence-corrected chi connectivity index (χ3v) is 3.72. The third-order valence-electron chi connectivity index (χ3n) is 3.16. The molecule has 2 rings (SSSR count). The Morgan fingerprint density at radius 2 is 1.41 bits per heavy atom. The van der Waals surface area contributed by atoms with Crippen molar-refractivity contribution in [1.29, 1.82) is 0 Å². The fourth-order valence-corrected chi connectivity index (χ4v) is 2.59. The van der Waals surface area contributed by atoms with E-state index in [0.29, 0.717) is 0 Å². The predicted octanol–water partition coefficient (Wildman–Crippen LogP) is 4.99. The summed E-state index contributed by atoms with van der Waals surface area (Å²) in [6.07, 6.45) is 11.2. The van der Waals surface area contributed by atoms with Gasteiger partial charge in [-0.25, -0.2) is 0 Å². The molecule has 0 amide bonds. The number of halogens is 1. The van der Waals surface area contributed by atoms with E-state index in [-0.39, 0.29) is 0 Å². The van der Waals surface area contributed by atoms with Gasteiger partial charge in [0, 0.05) is 24.3 Å². The second kappa shape index (κ2) is 6.85. The zero-order valence-corrected chi connectivity index (χ0v) is 11.8. The molecule has 2 aromatic rings. The normalized spacial score (nSPS) is 11.1. The van der Waals surface area contributed by atoms with Gasteiger partial charge < -0.3 is 4.57 Å². The molecule has 1 nitrogen and oxygen atoms in total. The Labute approximate surface area is 112 Å². The van der Waals surface area contributed by atoms with Crippen molar-refractivity contribution >= 4 is 26.7 Å². The number of aryl methyl sites for hydroxylation is 1. The first kappa shape index (κ1) is 12.7. The largest absolute Gasteiger partial charge is 0.353 e. The zero-order valence-electron chi connectivity index (χ0n) is 10.2. The first-order valence-electron chi connectivity index (χ1n) is 6.50. The Hall–Kier alpha value is -0.760. The van der Waals surface area contributed by atoms with Crippen LogP contribution in [0.25, 0.3) is 10.8 Å². The first-order chi connectivity index (χ1) is 8.40. The van der Waals surface area contributed by atoms with Crippen LogP contribution in [0.15, 0.2) is 36.7 Å². The maximum atomic E-state index is 3.47. The van der Waals surface area contributed by atoms with Crippen LogP contribution in [0.3, 0.4) is 0 Å². The van der Waals surface area contributed by atoms with Gasteiger partial charge in [0.2, 0.25) is 0 Å². The summed E-state index contributed by atoms with van der Waals surface area (Å²) < 4.78 is 2.33. The van der Waals surface area contributed by atoms with Gasteiger partial charge in [0.15, 0.2) is 0 Å². The van der Waals surface area contributed by atoms with E-state index in [4.69, 9.17) is 0 Å². The standard InChI is InChI=1S/C15H20BrN/c16-10-6-2-1-3-7-11-17-12-14-8-4-5-9-15(14)13-17/h4-5,8-9,12-13H,1-3,6-7,10-11H2. The van der Waals surface area contributed by atoms with Crippen molar-refractivity contribution in [1.82, 2.24) is 4.57 Å². The molecule has 0 aliphatic carbocycles. The highest BCUT2D eigenvalue weighted by molar-refractivity contribution is 9.09. The van der Waals surface area contributed by atoms with E-state index in [9.17, 15) is 0 Å². The number of hydrogen-bond acceptors (Lipinski definition) is 0. The first-order valence-corrected chi connectivity index (χ1v) is 7.63. The Balaban J connectivity index is 1.75. The summed E-state index contributed by atoms with van der Waals surface area (Å²) in [4.78, 5) is 0. The van der Waals surface area contributed by atoms with Crippen molar-refractivity contribution in [3.8, 4) is 0 Å². The van der Waals surface area contributed by atoms with Gasteiger partial charge in [0.05, 0.1) is 0 Å². The molecule has 0 aliphatic rings. The lowest BCUT2D eigenvalue weighted by Gasteiger charge is -2.02. The Kier molecular flexibility index (Phi) is 5.11. The van der Waals surface area contributed by atoms with Crippen LogP contribution in [0.2, 0.25) is 0 Å². The molecular formula is C15H20BrN. The van der Waals surface area contributed by atoms with Gasteiger partial charge in [-0.05, 0) is 23.6 Å². The number of fused-ring (bicyclic) bond motifs is 1. The molecular weight excluding hydrogens is 274 g/mol. The molecule has 1 aromatic heterocycles. The van der Waals surface area contributed by atoms with Crippen LogP contribution in [0.4, 0.5) is 0 Å². The molecule has 0 unspecified atom stereocenters. The molecule has 1 heterocycles. The van der Waals surface area contributed by atoms with Crippen LogP contribution in [0.1, 0.15) is 32.1 Å². The molecule has 0 bridgehead atoms. The summed E-state index contributed by atoms with van der Waals surface area (Å²) in [6.45, 7) is 1.16. The number of benzene rings is 1. The van der Waals surface area contributed by atoms with Crippen molar-refractivity contribution in [3.05, 3.63) is 36.7 Å². The molecule has 17 heavy (non-hydrogen) atoms. The maximum Gasteiger partial charge on any atom is 0.0220 e. The highest BCUT2D eigenvalue weighted by atomic mass is 79.9. The van der Waals surface area contributed by atoms with Crippen molar-refractivity contribution in [3.63, 3.8) is 0 Å². The molecule has 0 N–H and O–H groups in total. The van der Waals surface area contributed by atoms with E-state index >= 15 is 0 Å². The van der Waals surface area contributed by atoms with Gasteiger partial charge in [-0.2, -0.15) is 0 Å². The zero-order chi connectivity index (χ0) is 11.9. The number of unbranched alkanes of at least 4 members (excludes halogenated alkanes) is 4. The highest BCUT2D eigenvalue weighted by Crippen LogP contribution is 2.15. The summed E-state index contributed by atoms with van der Waals surface area (Å²) in [5.74, 6) is 0. The summed E-state index contributed by atoms with van der Waals surface area (Å²) in [5.41, 5.74) is 0. The fraction of sp³-hybridized carbons (Fsp3) is 0.467. The summed E-state index contributed by atoms with van der Waals surface area (Å²) in [6, 6.07) is 8.57. The molecule has 1 aromatic carbocycles. The quantitative estimate of drug-likeness (QED) is 0.501. The average Bonchev–Trinajstić information content (AvgIpc) is 2.76. The Morgan fingerprint density at radius 3 is 2.06 bits per heavy atom. The summed E-state index contributed by atoms with van der Waals surface area (Å²) in [5, 5.41) is 3.86. The third kappa shape index (κ3) is 3.88. The van der Waals surface area contributed by atoms with Gasteiger partial charge in [-0.3, -0.25) is 0 Å². The average molecular weight is 294 g/mol. The van der Waals surface area contributed by atoms with E-state index in [1.807, 2.05) is 0 Å². The maximum absolute atomic E-state index is 3.47. The Bertz CT molecular complexity index is 414. The summed E-state index contributed by atoms with van der Waals surface area (Å²) >= 11 is 3.47. The monoisotopic (exact) mass is 293 g/mol. The molecule has 92 valence electrons. The van der Waals surface area contributed by atoms with Crippen LogP contribution in [0.5, 0.6) is 0 Å². The molecule has 0 saturated carbocycles. The SMILES string of the molecule is BrCCCCCCCn1cc2ccccc2c1. The Morgan fingerprint density at radius 1 is 0.824 bits per heavy atom. The number of hydrogen-bond donors (Lipinski definition) is 0. The van der Waals surface area contributed by atoms with Crippen LogP contribution < -0.4 is 0 Å². The minimum absolute atomic E-state index is 1.15. The van der Waals surface area contributed by atoms with Gasteiger partial charge >= 0.3 is 0 Å². The van der Waals surface area contributed by atoms with Crippen molar-refractivity contribution < 1.29 is 0 Å². The molecule has 0 radical (unpaired) electrons. The fourth-order valence-electron chi connectivity index (χ4n) is 2.19. The van der Waals surface area contributed by atoms with E-state index < -0.39 is 0 Å². The van der Waals surface area contributed by atoms with Crippen LogP contribution in [0, 0.1) is 0 Å². The molecule has 2 heteroatoms. The van der Waals surface area contributed by atoms with Gasteiger partial charge in [0.25, 0.3) is 0 Å². The van der Waals surface area contributed by atoms with Crippen LogP contribution in [-0.4, -0.2) is 9.90 Å². The lowest BCUT2D eigenvalue weighted by Crippen LogP contribution is -1.93. The molecule has 0 aliphatic heterocycles. The van der Waals surface area contributed by atoms with E-state index in [2.05, 4.69) is 57.2 Å². The number of aromatic nitrogens is 1.